The van der Waals surface area contributed by atoms with E-state index in [9.17, 15) is 4.79 Å². The first-order valence-electron chi connectivity index (χ1n) is 8.00. The van der Waals surface area contributed by atoms with Gasteiger partial charge >= 0.3 is 0 Å². The van der Waals surface area contributed by atoms with Crippen LogP contribution in [0.2, 0.25) is 0 Å². The largest absolute Gasteiger partial charge is 0.335 e. The van der Waals surface area contributed by atoms with Crippen molar-refractivity contribution in [2.45, 2.75) is 46.1 Å². The molecule has 0 spiro atoms. The van der Waals surface area contributed by atoms with Crippen molar-refractivity contribution in [2.24, 2.45) is 0 Å². The van der Waals surface area contributed by atoms with Gasteiger partial charge in [-0.25, -0.2) is 0 Å². The zero-order valence-corrected chi connectivity index (χ0v) is 13.5. The molecule has 4 heteroatoms. The van der Waals surface area contributed by atoms with Gasteiger partial charge in [0.2, 0.25) is 0 Å². The minimum absolute atomic E-state index is 0.0646. The molecule has 22 heavy (non-hydrogen) atoms. The van der Waals surface area contributed by atoms with Crippen LogP contribution in [-0.4, -0.2) is 33.6 Å². The molecule has 1 aliphatic rings. The second-order valence-electron chi connectivity index (χ2n) is 6.31. The second kappa shape index (κ2) is 5.95. The number of aryl methyl sites for hydroxylation is 2. The maximum absolute atomic E-state index is 12.6. The van der Waals surface area contributed by atoms with E-state index >= 15 is 0 Å². The molecule has 1 fully saturated rings. The van der Waals surface area contributed by atoms with Gasteiger partial charge < -0.3 is 4.90 Å². The number of carbonyl (C=O) groups is 1. The average Bonchev–Trinajstić information content (AvgIpc) is 3.00. The Morgan fingerprint density at radius 1 is 1.23 bits per heavy atom. The van der Waals surface area contributed by atoms with Crippen LogP contribution in [0.3, 0.4) is 0 Å². The third-order valence-electron chi connectivity index (χ3n) is 4.67. The molecule has 0 radical (unpaired) electrons. The van der Waals surface area contributed by atoms with Crippen LogP contribution >= 0.6 is 0 Å². The van der Waals surface area contributed by atoms with Crippen LogP contribution in [0.4, 0.5) is 0 Å². The number of piperidine rings is 1. The molecule has 1 atom stereocenters. The van der Waals surface area contributed by atoms with Crippen LogP contribution < -0.4 is 0 Å². The third-order valence-corrected chi connectivity index (χ3v) is 4.67. The molecule has 0 saturated carbocycles. The van der Waals surface area contributed by atoms with Crippen molar-refractivity contribution in [2.75, 3.05) is 6.54 Å². The first kappa shape index (κ1) is 14.8. The molecule has 1 amide bonds. The van der Waals surface area contributed by atoms with Crippen molar-refractivity contribution in [1.29, 1.82) is 0 Å². The second-order valence-corrected chi connectivity index (χ2v) is 6.31. The molecule has 0 aliphatic carbocycles. The van der Waals surface area contributed by atoms with Gasteiger partial charge in [0, 0.05) is 18.2 Å². The fourth-order valence-corrected chi connectivity index (χ4v) is 3.03. The van der Waals surface area contributed by atoms with Gasteiger partial charge in [-0.1, -0.05) is 12.1 Å². The number of hydrogen-bond donors (Lipinski definition) is 1. The normalized spacial score (nSPS) is 18.5. The Hall–Kier alpha value is -2.10. The lowest BCUT2D eigenvalue weighted by Gasteiger charge is -2.32. The molecule has 1 N–H and O–H groups in total. The SMILES string of the molecule is Cc1ccc(-c2cc(C(=O)N3CCCC[C@@H]3C)[nH]n2)cc1C. The Kier molecular flexibility index (Phi) is 4.01. The molecule has 1 aliphatic heterocycles. The zero-order valence-electron chi connectivity index (χ0n) is 13.5. The van der Waals surface area contributed by atoms with E-state index in [4.69, 9.17) is 0 Å². The lowest BCUT2D eigenvalue weighted by atomic mass is 10.0. The number of benzene rings is 1. The quantitative estimate of drug-likeness (QED) is 0.918. The van der Waals surface area contributed by atoms with E-state index in [2.05, 4.69) is 49.2 Å². The summed E-state index contributed by atoms with van der Waals surface area (Å²) in [6.45, 7) is 7.15. The van der Waals surface area contributed by atoms with E-state index in [0.717, 1.165) is 30.6 Å². The summed E-state index contributed by atoms with van der Waals surface area (Å²) in [4.78, 5) is 14.6. The smallest absolute Gasteiger partial charge is 0.272 e. The standard InChI is InChI=1S/C18H23N3O/c1-12-7-8-15(10-13(12)2)16-11-17(20-19-16)18(22)21-9-5-4-6-14(21)3/h7-8,10-11,14H,4-6,9H2,1-3H3,(H,19,20)/t14-/m0/s1. The molecule has 0 bridgehead atoms. The molecule has 0 unspecified atom stereocenters. The number of hydrogen-bond acceptors (Lipinski definition) is 2. The van der Waals surface area contributed by atoms with Gasteiger partial charge in [-0.05, 0) is 63.3 Å². The van der Waals surface area contributed by atoms with E-state index in [1.807, 2.05) is 11.0 Å². The lowest BCUT2D eigenvalue weighted by Crippen LogP contribution is -2.42. The maximum atomic E-state index is 12.6. The Bertz CT molecular complexity index is 689. The highest BCUT2D eigenvalue weighted by atomic mass is 16.2. The van der Waals surface area contributed by atoms with Crippen LogP contribution in [0.5, 0.6) is 0 Å². The van der Waals surface area contributed by atoms with Crippen LogP contribution in [-0.2, 0) is 0 Å². The zero-order chi connectivity index (χ0) is 15.7. The maximum Gasteiger partial charge on any atom is 0.272 e. The molecule has 116 valence electrons. The Morgan fingerprint density at radius 3 is 2.77 bits per heavy atom. The van der Waals surface area contributed by atoms with Crippen molar-refractivity contribution < 1.29 is 4.79 Å². The molecule has 1 aromatic carbocycles. The van der Waals surface area contributed by atoms with E-state index in [1.165, 1.54) is 17.5 Å². The van der Waals surface area contributed by atoms with E-state index in [0.29, 0.717) is 11.7 Å². The van der Waals surface area contributed by atoms with Gasteiger partial charge in [-0.2, -0.15) is 5.10 Å². The van der Waals surface area contributed by atoms with Crippen molar-refractivity contribution in [3.63, 3.8) is 0 Å². The minimum Gasteiger partial charge on any atom is -0.335 e. The molecule has 2 aromatic rings. The highest BCUT2D eigenvalue weighted by Crippen LogP contribution is 2.23. The first-order chi connectivity index (χ1) is 10.6. The summed E-state index contributed by atoms with van der Waals surface area (Å²) in [5, 5.41) is 7.24. The third kappa shape index (κ3) is 2.78. The topological polar surface area (TPSA) is 49.0 Å². The number of carbonyl (C=O) groups excluding carboxylic acids is 1. The fraction of sp³-hybridized carbons (Fsp3) is 0.444. The summed E-state index contributed by atoms with van der Waals surface area (Å²) in [5.41, 5.74) is 4.96. The summed E-state index contributed by atoms with van der Waals surface area (Å²) < 4.78 is 0. The minimum atomic E-state index is 0.0646. The summed E-state index contributed by atoms with van der Waals surface area (Å²) in [5.74, 6) is 0.0646. The van der Waals surface area contributed by atoms with E-state index in [-0.39, 0.29) is 5.91 Å². The summed E-state index contributed by atoms with van der Waals surface area (Å²) >= 11 is 0. The first-order valence-corrected chi connectivity index (χ1v) is 8.00. The van der Waals surface area contributed by atoms with Gasteiger partial charge in [0.15, 0.2) is 0 Å². The molecular weight excluding hydrogens is 274 g/mol. The highest BCUT2D eigenvalue weighted by Gasteiger charge is 2.25. The fourth-order valence-electron chi connectivity index (χ4n) is 3.03. The van der Waals surface area contributed by atoms with Gasteiger partial charge in [0.05, 0.1) is 5.69 Å². The van der Waals surface area contributed by atoms with Gasteiger partial charge in [-0.15, -0.1) is 0 Å². The predicted octanol–water partition coefficient (Wildman–Crippen LogP) is 3.71. The molecule has 1 saturated heterocycles. The van der Waals surface area contributed by atoms with Crippen molar-refractivity contribution in [3.05, 3.63) is 41.1 Å². The molecule has 4 nitrogen and oxygen atoms in total. The average molecular weight is 297 g/mol. The van der Waals surface area contributed by atoms with Gasteiger partial charge in [0.1, 0.15) is 5.69 Å². The highest BCUT2D eigenvalue weighted by molar-refractivity contribution is 5.93. The van der Waals surface area contributed by atoms with Gasteiger partial charge in [0.25, 0.3) is 5.91 Å². The molecular formula is C18H23N3O. The number of H-pyrrole nitrogens is 1. The van der Waals surface area contributed by atoms with Crippen LogP contribution in [0.25, 0.3) is 11.3 Å². The van der Waals surface area contributed by atoms with E-state index in [1.54, 1.807) is 0 Å². The van der Waals surface area contributed by atoms with Crippen LogP contribution in [0, 0.1) is 13.8 Å². The number of nitrogens with one attached hydrogen (secondary N) is 1. The van der Waals surface area contributed by atoms with Crippen LogP contribution in [0.15, 0.2) is 24.3 Å². The number of aromatic nitrogens is 2. The van der Waals surface area contributed by atoms with Crippen LogP contribution in [0.1, 0.15) is 47.8 Å². The Morgan fingerprint density at radius 2 is 2.05 bits per heavy atom. The number of amides is 1. The molecule has 2 heterocycles. The van der Waals surface area contributed by atoms with E-state index < -0.39 is 0 Å². The molecule has 1 aromatic heterocycles. The molecule has 3 rings (SSSR count). The van der Waals surface area contributed by atoms with Crippen molar-refractivity contribution in [3.8, 4) is 11.3 Å². The number of likely N-dealkylation sites (tertiary alicyclic amines) is 1. The van der Waals surface area contributed by atoms with Crippen molar-refractivity contribution in [1.82, 2.24) is 15.1 Å². The Balaban J connectivity index is 1.83. The number of rotatable bonds is 2. The Labute approximate surface area is 131 Å². The van der Waals surface area contributed by atoms with Gasteiger partial charge in [-0.3, -0.25) is 9.89 Å². The monoisotopic (exact) mass is 297 g/mol. The summed E-state index contributed by atoms with van der Waals surface area (Å²) in [6.07, 6.45) is 3.39. The number of nitrogens with zero attached hydrogens (tertiary/aromatic N) is 2. The number of aromatic amines is 1. The predicted molar refractivity (Wildman–Crippen MR) is 87.8 cm³/mol. The summed E-state index contributed by atoms with van der Waals surface area (Å²) in [7, 11) is 0. The lowest BCUT2D eigenvalue weighted by molar-refractivity contribution is 0.0629. The van der Waals surface area contributed by atoms with Crippen molar-refractivity contribution >= 4 is 5.91 Å². The summed E-state index contributed by atoms with van der Waals surface area (Å²) in [6, 6.07) is 8.44.